The van der Waals surface area contributed by atoms with Gasteiger partial charge in [-0.2, -0.15) is 5.10 Å². The highest BCUT2D eigenvalue weighted by molar-refractivity contribution is 6.20. The molecular formula is C12H19ClN2O. The number of rotatable bonds is 3. The predicted octanol–water partition coefficient (Wildman–Crippen LogP) is 3.35. The highest BCUT2D eigenvalue weighted by Crippen LogP contribution is 2.41. The van der Waals surface area contributed by atoms with Gasteiger partial charge in [-0.25, -0.2) is 0 Å². The van der Waals surface area contributed by atoms with Crippen LogP contribution in [-0.2, 0) is 0 Å². The molecule has 0 bridgehead atoms. The average molecular weight is 243 g/mol. The molecule has 1 aromatic heterocycles. The van der Waals surface area contributed by atoms with Crippen molar-refractivity contribution < 1.29 is 4.74 Å². The van der Waals surface area contributed by atoms with Crippen LogP contribution >= 0.6 is 11.6 Å². The molecule has 0 radical (unpaired) electrons. The van der Waals surface area contributed by atoms with Crippen LogP contribution in [0.25, 0.3) is 0 Å². The molecule has 0 amide bonds. The SMILES string of the molecule is COc1cnn(C(C)C)c1C1CCC(Cl)C1. The molecule has 0 N–H and O–H groups in total. The monoisotopic (exact) mass is 242 g/mol. The first kappa shape index (κ1) is 11.8. The first-order chi connectivity index (χ1) is 7.63. The van der Waals surface area contributed by atoms with Gasteiger partial charge < -0.3 is 4.74 Å². The minimum atomic E-state index is 0.310. The zero-order chi connectivity index (χ0) is 11.7. The van der Waals surface area contributed by atoms with Gasteiger partial charge in [-0.15, -0.1) is 11.6 Å². The number of halogens is 1. The van der Waals surface area contributed by atoms with Crippen LogP contribution in [0.15, 0.2) is 6.20 Å². The summed E-state index contributed by atoms with van der Waals surface area (Å²) in [4.78, 5) is 0. The van der Waals surface area contributed by atoms with Crippen LogP contribution in [0.5, 0.6) is 5.75 Å². The Morgan fingerprint density at radius 3 is 2.75 bits per heavy atom. The number of hydrogen-bond donors (Lipinski definition) is 0. The van der Waals surface area contributed by atoms with Crippen molar-refractivity contribution >= 4 is 11.6 Å². The molecule has 16 heavy (non-hydrogen) atoms. The minimum absolute atomic E-state index is 0.310. The number of aromatic nitrogens is 2. The molecule has 1 fully saturated rings. The molecule has 2 atom stereocenters. The second-order valence-electron chi connectivity index (χ2n) is 4.74. The molecule has 0 spiro atoms. The van der Waals surface area contributed by atoms with Crippen molar-refractivity contribution in [2.75, 3.05) is 7.11 Å². The molecule has 1 aromatic rings. The summed E-state index contributed by atoms with van der Waals surface area (Å²) in [5, 5.41) is 4.72. The number of alkyl halides is 1. The molecule has 2 unspecified atom stereocenters. The molecule has 4 heteroatoms. The van der Waals surface area contributed by atoms with Crippen molar-refractivity contribution in [3.63, 3.8) is 0 Å². The lowest BCUT2D eigenvalue weighted by Gasteiger charge is -2.17. The highest BCUT2D eigenvalue weighted by Gasteiger charge is 2.30. The number of ether oxygens (including phenoxy) is 1. The molecular weight excluding hydrogens is 224 g/mol. The molecule has 1 heterocycles. The van der Waals surface area contributed by atoms with Crippen molar-refractivity contribution in [1.82, 2.24) is 9.78 Å². The van der Waals surface area contributed by atoms with E-state index in [1.807, 2.05) is 6.20 Å². The minimum Gasteiger partial charge on any atom is -0.493 e. The van der Waals surface area contributed by atoms with Gasteiger partial charge in [-0.1, -0.05) is 0 Å². The maximum atomic E-state index is 6.18. The molecule has 1 aliphatic carbocycles. The Morgan fingerprint density at radius 1 is 1.50 bits per heavy atom. The molecule has 0 aromatic carbocycles. The summed E-state index contributed by atoms with van der Waals surface area (Å²) in [5.74, 6) is 1.41. The van der Waals surface area contributed by atoms with Crippen LogP contribution in [-0.4, -0.2) is 22.3 Å². The quantitative estimate of drug-likeness (QED) is 0.760. The fourth-order valence-corrected chi connectivity index (χ4v) is 2.83. The van der Waals surface area contributed by atoms with Gasteiger partial charge in [0.25, 0.3) is 0 Å². The summed E-state index contributed by atoms with van der Waals surface area (Å²) in [6.07, 6.45) is 5.09. The number of nitrogens with zero attached hydrogens (tertiary/aromatic N) is 2. The first-order valence-corrected chi connectivity index (χ1v) is 6.32. The Balaban J connectivity index is 2.32. The third kappa shape index (κ3) is 2.05. The third-order valence-electron chi connectivity index (χ3n) is 3.26. The van der Waals surface area contributed by atoms with E-state index in [-0.39, 0.29) is 0 Å². The van der Waals surface area contributed by atoms with Crippen molar-refractivity contribution in [1.29, 1.82) is 0 Å². The van der Waals surface area contributed by atoms with E-state index in [0.29, 0.717) is 17.3 Å². The van der Waals surface area contributed by atoms with Gasteiger partial charge in [0.1, 0.15) is 0 Å². The summed E-state index contributed by atoms with van der Waals surface area (Å²) in [7, 11) is 1.71. The van der Waals surface area contributed by atoms with Crippen LogP contribution in [0.1, 0.15) is 50.8 Å². The van der Waals surface area contributed by atoms with Crippen molar-refractivity contribution in [3.05, 3.63) is 11.9 Å². The van der Waals surface area contributed by atoms with E-state index in [1.165, 1.54) is 5.69 Å². The fourth-order valence-electron chi connectivity index (χ4n) is 2.49. The van der Waals surface area contributed by atoms with Crippen molar-refractivity contribution in [2.24, 2.45) is 0 Å². The van der Waals surface area contributed by atoms with Crippen molar-refractivity contribution in [3.8, 4) is 5.75 Å². The molecule has 1 saturated carbocycles. The van der Waals surface area contributed by atoms with Gasteiger partial charge in [-0.3, -0.25) is 4.68 Å². The average Bonchev–Trinajstić information content (AvgIpc) is 2.82. The lowest BCUT2D eigenvalue weighted by molar-refractivity contribution is 0.396. The second-order valence-corrected chi connectivity index (χ2v) is 5.36. The van der Waals surface area contributed by atoms with Gasteiger partial charge in [0.2, 0.25) is 0 Å². The van der Waals surface area contributed by atoms with Crippen LogP contribution in [0.2, 0.25) is 0 Å². The van der Waals surface area contributed by atoms with E-state index >= 15 is 0 Å². The zero-order valence-electron chi connectivity index (χ0n) is 10.1. The van der Waals surface area contributed by atoms with Gasteiger partial charge in [0, 0.05) is 17.3 Å². The lowest BCUT2D eigenvalue weighted by atomic mass is 10.0. The zero-order valence-corrected chi connectivity index (χ0v) is 10.9. The lowest BCUT2D eigenvalue weighted by Crippen LogP contribution is -2.11. The Kier molecular flexibility index (Phi) is 3.43. The van der Waals surface area contributed by atoms with E-state index in [1.54, 1.807) is 7.11 Å². The Morgan fingerprint density at radius 2 is 2.25 bits per heavy atom. The van der Waals surface area contributed by atoms with Gasteiger partial charge in [-0.05, 0) is 33.1 Å². The van der Waals surface area contributed by atoms with E-state index in [9.17, 15) is 0 Å². The summed E-state index contributed by atoms with van der Waals surface area (Å²) in [6, 6.07) is 0.369. The van der Waals surface area contributed by atoms with E-state index < -0.39 is 0 Å². The summed E-state index contributed by atoms with van der Waals surface area (Å²) in [5.41, 5.74) is 1.22. The summed E-state index contributed by atoms with van der Waals surface area (Å²) >= 11 is 6.18. The Bertz CT molecular complexity index is 362. The molecule has 90 valence electrons. The van der Waals surface area contributed by atoms with Crippen LogP contribution in [0.4, 0.5) is 0 Å². The predicted molar refractivity (Wildman–Crippen MR) is 65.4 cm³/mol. The van der Waals surface area contributed by atoms with Crippen LogP contribution in [0.3, 0.4) is 0 Å². The Labute approximate surface area is 102 Å². The molecule has 0 saturated heterocycles. The maximum Gasteiger partial charge on any atom is 0.160 e. The summed E-state index contributed by atoms with van der Waals surface area (Å²) in [6.45, 7) is 4.28. The number of hydrogen-bond acceptors (Lipinski definition) is 2. The Hall–Kier alpha value is -0.700. The summed E-state index contributed by atoms with van der Waals surface area (Å²) < 4.78 is 7.47. The standard InChI is InChI=1S/C12H19ClN2O/c1-8(2)15-12(11(16-3)7-14-15)9-4-5-10(13)6-9/h7-10H,4-6H2,1-3H3. The van der Waals surface area contributed by atoms with Gasteiger partial charge >= 0.3 is 0 Å². The first-order valence-electron chi connectivity index (χ1n) is 5.89. The van der Waals surface area contributed by atoms with Gasteiger partial charge in [0.05, 0.1) is 19.0 Å². The smallest absolute Gasteiger partial charge is 0.160 e. The fraction of sp³-hybridized carbons (Fsp3) is 0.750. The molecule has 3 nitrogen and oxygen atoms in total. The van der Waals surface area contributed by atoms with Gasteiger partial charge in [0.15, 0.2) is 5.75 Å². The number of methoxy groups -OCH3 is 1. The maximum absolute atomic E-state index is 6.18. The van der Waals surface area contributed by atoms with Crippen LogP contribution in [0, 0.1) is 0 Å². The van der Waals surface area contributed by atoms with E-state index in [2.05, 4.69) is 23.6 Å². The van der Waals surface area contributed by atoms with E-state index in [4.69, 9.17) is 16.3 Å². The highest BCUT2D eigenvalue weighted by atomic mass is 35.5. The molecule has 1 aliphatic rings. The second kappa shape index (κ2) is 4.66. The normalized spacial score (nSPS) is 25.3. The third-order valence-corrected chi connectivity index (χ3v) is 3.66. The molecule has 2 rings (SSSR count). The largest absolute Gasteiger partial charge is 0.493 e. The van der Waals surface area contributed by atoms with Crippen molar-refractivity contribution in [2.45, 2.75) is 50.4 Å². The van der Waals surface area contributed by atoms with Crippen LogP contribution < -0.4 is 4.74 Å². The molecule has 0 aliphatic heterocycles. The topological polar surface area (TPSA) is 27.1 Å². The van der Waals surface area contributed by atoms with E-state index in [0.717, 1.165) is 25.0 Å².